The van der Waals surface area contributed by atoms with E-state index in [4.69, 9.17) is 4.74 Å². The largest absolute Gasteiger partial charge is 0.378 e. The fraction of sp³-hybridized carbons (Fsp3) is 0.409. The molecule has 1 fully saturated rings. The Labute approximate surface area is 181 Å². The molecule has 30 heavy (non-hydrogen) atoms. The van der Waals surface area contributed by atoms with E-state index in [0.717, 1.165) is 35.6 Å². The molecule has 1 saturated heterocycles. The van der Waals surface area contributed by atoms with Crippen molar-refractivity contribution in [1.29, 1.82) is 0 Å². The Morgan fingerprint density at radius 1 is 1.17 bits per heavy atom. The van der Waals surface area contributed by atoms with Gasteiger partial charge in [0.05, 0.1) is 16.8 Å². The first kappa shape index (κ1) is 22.1. The minimum absolute atomic E-state index is 0.0329. The van der Waals surface area contributed by atoms with Crippen LogP contribution in [0.25, 0.3) is 0 Å². The second kappa shape index (κ2) is 10.4. The standard InChI is InChI=1S/C22H27N3O4S/c1-23(2)18-7-5-17(6-8-18)14-24(15-20-4-3-13-29-20)22(26)16-30-21-11-9-19(10-12-21)25(27)28/h5-12,20H,3-4,13-16H2,1-2H3. The zero-order valence-electron chi connectivity index (χ0n) is 17.3. The van der Waals surface area contributed by atoms with E-state index < -0.39 is 4.92 Å². The molecule has 0 N–H and O–H groups in total. The van der Waals surface area contributed by atoms with Crippen molar-refractivity contribution in [3.8, 4) is 0 Å². The molecule has 3 rings (SSSR count). The zero-order chi connectivity index (χ0) is 21.5. The second-order valence-corrected chi connectivity index (χ2v) is 8.56. The summed E-state index contributed by atoms with van der Waals surface area (Å²) >= 11 is 1.39. The van der Waals surface area contributed by atoms with E-state index in [1.165, 1.54) is 23.9 Å². The van der Waals surface area contributed by atoms with E-state index in [1.807, 2.05) is 23.9 Å². The third-order valence-electron chi connectivity index (χ3n) is 5.04. The lowest BCUT2D eigenvalue weighted by atomic mass is 10.1. The van der Waals surface area contributed by atoms with Gasteiger partial charge in [-0.05, 0) is 42.7 Å². The van der Waals surface area contributed by atoms with Gasteiger partial charge >= 0.3 is 0 Å². The predicted molar refractivity (Wildman–Crippen MR) is 119 cm³/mol. The molecule has 0 radical (unpaired) electrons. The summed E-state index contributed by atoms with van der Waals surface area (Å²) in [7, 11) is 4.00. The van der Waals surface area contributed by atoms with Crippen LogP contribution in [0.15, 0.2) is 53.4 Å². The van der Waals surface area contributed by atoms with Crippen LogP contribution in [0, 0.1) is 10.1 Å². The first-order chi connectivity index (χ1) is 14.4. The van der Waals surface area contributed by atoms with Crippen LogP contribution in [0.5, 0.6) is 0 Å². The average Bonchev–Trinajstić information content (AvgIpc) is 3.25. The smallest absolute Gasteiger partial charge is 0.269 e. The molecule has 160 valence electrons. The van der Waals surface area contributed by atoms with Gasteiger partial charge in [0, 0.05) is 56.5 Å². The van der Waals surface area contributed by atoms with Crippen molar-refractivity contribution >= 4 is 29.0 Å². The molecule has 7 nitrogen and oxygen atoms in total. The number of non-ortho nitro benzene ring substituents is 1. The van der Waals surface area contributed by atoms with Gasteiger partial charge in [-0.2, -0.15) is 0 Å². The molecule has 0 saturated carbocycles. The number of nitrogens with zero attached hydrogens (tertiary/aromatic N) is 3. The number of carbonyl (C=O) groups is 1. The molecule has 1 aliphatic heterocycles. The fourth-order valence-electron chi connectivity index (χ4n) is 3.31. The topological polar surface area (TPSA) is 75.9 Å². The molecule has 2 aromatic rings. The summed E-state index contributed by atoms with van der Waals surface area (Å²) in [6.07, 6.45) is 2.08. The molecule has 0 bridgehead atoms. The number of benzene rings is 2. The number of thioether (sulfide) groups is 1. The Morgan fingerprint density at radius 3 is 2.43 bits per heavy atom. The zero-order valence-corrected chi connectivity index (χ0v) is 18.1. The summed E-state index contributed by atoms with van der Waals surface area (Å²) < 4.78 is 5.75. The third-order valence-corrected chi connectivity index (χ3v) is 6.03. The van der Waals surface area contributed by atoms with E-state index in [-0.39, 0.29) is 23.5 Å². The van der Waals surface area contributed by atoms with E-state index in [9.17, 15) is 14.9 Å². The molecule has 1 amide bonds. The highest BCUT2D eigenvalue weighted by atomic mass is 32.2. The quantitative estimate of drug-likeness (QED) is 0.341. The molecule has 8 heteroatoms. The normalized spacial score (nSPS) is 15.7. The number of nitro benzene ring substituents is 1. The highest BCUT2D eigenvalue weighted by molar-refractivity contribution is 8.00. The average molecular weight is 430 g/mol. The maximum absolute atomic E-state index is 13.0. The number of hydrogen-bond acceptors (Lipinski definition) is 6. The molecule has 1 unspecified atom stereocenters. The molecule has 0 aliphatic carbocycles. The van der Waals surface area contributed by atoms with Crippen molar-refractivity contribution in [1.82, 2.24) is 4.90 Å². The van der Waals surface area contributed by atoms with Crippen molar-refractivity contribution in [2.24, 2.45) is 0 Å². The maximum Gasteiger partial charge on any atom is 0.269 e. The van der Waals surface area contributed by atoms with Gasteiger partial charge in [-0.3, -0.25) is 14.9 Å². The molecule has 0 spiro atoms. The molecular formula is C22H27N3O4S. The lowest BCUT2D eigenvalue weighted by Gasteiger charge is -2.26. The Bertz CT molecular complexity index is 850. The van der Waals surface area contributed by atoms with Crippen molar-refractivity contribution < 1.29 is 14.5 Å². The van der Waals surface area contributed by atoms with E-state index >= 15 is 0 Å². The Kier molecular flexibility index (Phi) is 7.70. The third kappa shape index (κ3) is 6.21. The van der Waals surface area contributed by atoms with Gasteiger partial charge in [0.25, 0.3) is 5.69 Å². The summed E-state index contributed by atoms with van der Waals surface area (Å²) in [5, 5.41) is 10.8. The molecule has 1 atom stereocenters. The van der Waals surface area contributed by atoms with Crippen LogP contribution in [-0.2, 0) is 16.1 Å². The first-order valence-electron chi connectivity index (χ1n) is 9.95. The lowest BCUT2D eigenvalue weighted by molar-refractivity contribution is -0.384. The summed E-state index contributed by atoms with van der Waals surface area (Å²) in [6.45, 7) is 1.87. The summed E-state index contributed by atoms with van der Waals surface area (Å²) in [6, 6.07) is 14.5. The molecular weight excluding hydrogens is 402 g/mol. The van der Waals surface area contributed by atoms with E-state index in [0.29, 0.717) is 13.1 Å². The number of nitro groups is 1. The van der Waals surface area contributed by atoms with Gasteiger partial charge in [-0.1, -0.05) is 12.1 Å². The van der Waals surface area contributed by atoms with Crippen molar-refractivity contribution in [3.63, 3.8) is 0 Å². The van der Waals surface area contributed by atoms with Gasteiger partial charge in [0.15, 0.2) is 0 Å². The maximum atomic E-state index is 13.0. The number of amides is 1. The highest BCUT2D eigenvalue weighted by Crippen LogP contribution is 2.23. The highest BCUT2D eigenvalue weighted by Gasteiger charge is 2.23. The molecule has 2 aromatic carbocycles. The second-order valence-electron chi connectivity index (χ2n) is 7.51. The number of ether oxygens (including phenoxy) is 1. The minimum Gasteiger partial charge on any atom is -0.378 e. The van der Waals surface area contributed by atoms with Gasteiger partial charge in [0.2, 0.25) is 5.91 Å². The van der Waals surface area contributed by atoms with Gasteiger partial charge in [0.1, 0.15) is 0 Å². The van der Waals surface area contributed by atoms with Crippen LogP contribution in [-0.4, -0.2) is 54.8 Å². The first-order valence-corrected chi connectivity index (χ1v) is 10.9. The van der Waals surface area contributed by atoms with Crippen molar-refractivity contribution in [3.05, 3.63) is 64.2 Å². The van der Waals surface area contributed by atoms with Gasteiger partial charge in [-0.15, -0.1) is 11.8 Å². The van der Waals surface area contributed by atoms with Crippen LogP contribution in [0.2, 0.25) is 0 Å². The lowest BCUT2D eigenvalue weighted by Crippen LogP contribution is -2.38. The minimum atomic E-state index is -0.426. The fourth-order valence-corrected chi connectivity index (χ4v) is 4.11. The van der Waals surface area contributed by atoms with Crippen LogP contribution in [0.3, 0.4) is 0 Å². The van der Waals surface area contributed by atoms with Crippen LogP contribution in [0.4, 0.5) is 11.4 Å². The van der Waals surface area contributed by atoms with Crippen LogP contribution >= 0.6 is 11.8 Å². The van der Waals surface area contributed by atoms with Crippen molar-refractivity contribution in [2.75, 3.05) is 37.9 Å². The molecule has 0 aromatic heterocycles. The summed E-state index contributed by atoms with van der Waals surface area (Å²) in [5.74, 6) is 0.311. The predicted octanol–water partition coefficient (Wildman–Crippen LogP) is 3.96. The van der Waals surface area contributed by atoms with Gasteiger partial charge in [-0.25, -0.2) is 0 Å². The Balaban J connectivity index is 1.64. The van der Waals surface area contributed by atoms with Crippen LogP contribution < -0.4 is 4.90 Å². The Hall–Kier alpha value is -2.58. The summed E-state index contributed by atoms with van der Waals surface area (Å²) in [5.41, 5.74) is 2.24. The number of anilines is 1. The monoisotopic (exact) mass is 429 g/mol. The summed E-state index contributed by atoms with van der Waals surface area (Å²) in [4.78, 5) is 28.1. The Morgan fingerprint density at radius 2 is 1.87 bits per heavy atom. The molecule has 1 heterocycles. The van der Waals surface area contributed by atoms with Crippen molar-refractivity contribution in [2.45, 2.75) is 30.4 Å². The molecule has 1 aliphatic rings. The van der Waals surface area contributed by atoms with Crippen LogP contribution in [0.1, 0.15) is 18.4 Å². The van der Waals surface area contributed by atoms with E-state index in [2.05, 4.69) is 24.3 Å². The van der Waals surface area contributed by atoms with E-state index in [1.54, 1.807) is 12.1 Å². The number of rotatable bonds is 9. The van der Waals surface area contributed by atoms with Gasteiger partial charge < -0.3 is 14.5 Å². The number of hydrogen-bond donors (Lipinski definition) is 0. The SMILES string of the molecule is CN(C)c1ccc(CN(CC2CCCO2)C(=O)CSc2ccc([N+](=O)[O-])cc2)cc1. The number of carbonyl (C=O) groups excluding carboxylic acids is 1.